The van der Waals surface area contributed by atoms with Crippen LogP contribution in [0.5, 0.6) is 0 Å². The van der Waals surface area contributed by atoms with Gasteiger partial charge in [0.1, 0.15) is 5.82 Å². The zero-order chi connectivity index (χ0) is 15.5. The minimum absolute atomic E-state index is 0.0977. The number of rotatable bonds is 3. The van der Waals surface area contributed by atoms with E-state index in [9.17, 15) is 0 Å². The van der Waals surface area contributed by atoms with Crippen LogP contribution >= 0.6 is 0 Å². The number of nitrogens with one attached hydrogen (secondary N) is 2. The summed E-state index contributed by atoms with van der Waals surface area (Å²) in [5.41, 5.74) is 2.30. The van der Waals surface area contributed by atoms with Crippen LogP contribution in [-0.4, -0.2) is 15.5 Å². The smallest absolute Gasteiger partial charge is 0.225 e. The molecule has 2 aromatic rings. The van der Waals surface area contributed by atoms with Gasteiger partial charge in [0.25, 0.3) is 0 Å². The Morgan fingerprint density at radius 1 is 1.10 bits per heavy atom. The molecule has 2 N–H and O–H groups in total. The van der Waals surface area contributed by atoms with Crippen LogP contribution in [0.1, 0.15) is 32.0 Å². The van der Waals surface area contributed by atoms with Gasteiger partial charge in [-0.05, 0) is 52.0 Å². The first-order chi connectivity index (χ1) is 9.85. The summed E-state index contributed by atoms with van der Waals surface area (Å²) in [5.74, 6) is 1.32. The minimum atomic E-state index is -0.0977. The molecule has 1 heterocycles. The second-order valence-corrected chi connectivity index (χ2v) is 5.91. The highest BCUT2D eigenvalue weighted by atomic mass is 15.2. The van der Waals surface area contributed by atoms with Crippen molar-refractivity contribution in [1.29, 1.82) is 5.26 Å². The number of nitrogens with zero attached hydrogens (tertiary/aromatic N) is 3. The van der Waals surface area contributed by atoms with Crippen molar-refractivity contribution >= 4 is 17.5 Å². The van der Waals surface area contributed by atoms with Gasteiger partial charge in [-0.1, -0.05) is 0 Å². The molecule has 0 radical (unpaired) electrons. The van der Waals surface area contributed by atoms with Gasteiger partial charge in [-0.2, -0.15) is 10.2 Å². The third kappa shape index (κ3) is 4.46. The van der Waals surface area contributed by atoms with Gasteiger partial charge in [0, 0.05) is 23.0 Å². The molecule has 21 heavy (non-hydrogen) atoms. The highest BCUT2D eigenvalue weighted by Gasteiger charge is 2.12. The van der Waals surface area contributed by atoms with Crippen LogP contribution in [-0.2, 0) is 0 Å². The standard InChI is InChI=1S/C16H19N5/c1-11-9-14(20-15(18-11)21-16(2,3)4)19-13-7-5-12(10-17)6-8-13/h5-9H,1-4H3,(H2,18,19,20,21). The number of nitriles is 1. The zero-order valence-electron chi connectivity index (χ0n) is 12.7. The fourth-order valence-electron chi connectivity index (χ4n) is 1.80. The Balaban J connectivity index is 2.21. The average molecular weight is 281 g/mol. The van der Waals surface area contributed by atoms with E-state index < -0.39 is 0 Å². The molecule has 0 spiro atoms. The molecular formula is C16H19N5. The highest BCUT2D eigenvalue weighted by molar-refractivity contribution is 5.58. The van der Waals surface area contributed by atoms with Gasteiger partial charge in [0.15, 0.2) is 0 Å². The van der Waals surface area contributed by atoms with Crippen molar-refractivity contribution in [3.05, 3.63) is 41.6 Å². The first-order valence-electron chi connectivity index (χ1n) is 6.77. The van der Waals surface area contributed by atoms with E-state index in [1.807, 2.05) is 25.1 Å². The number of aryl methyl sites for hydroxylation is 1. The molecule has 108 valence electrons. The van der Waals surface area contributed by atoms with Crippen molar-refractivity contribution in [2.75, 3.05) is 10.6 Å². The maximum atomic E-state index is 8.80. The van der Waals surface area contributed by atoms with Crippen LogP contribution in [0.25, 0.3) is 0 Å². The minimum Gasteiger partial charge on any atom is -0.350 e. The van der Waals surface area contributed by atoms with E-state index in [0.717, 1.165) is 17.2 Å². The van der Waals surface area contributed by atoms with Crippen molar-refractivity contribution in [2.45, 2.75) is 33.2 Å². The third-order valence-corrected chi connectivity index (χ3v) is 2.63. The Kier molecular flexibility index (Phi) is 4.08. The Morgan fingerprint density at radius 2 is 1.76 bits per heavy atom. The van der Waals surface area contributed by atoms with Gasteiger partial charge >= 0.3 is 0 Å². The number of anilines is 3. The van der Waals surface area contributed by atoms with E-state index in [1.165, 1.54) is 0 Å². The van der Waals surface area contributed by atoms with Crippen LogP contribution < -0.4 is 10.6 Å². The van der Waals surface area contributed by atoms with Crippen molar-refractivity contribution in [3.63, 3.8) is 0 Å². The van der Waals surface area contributed by atoms with Crippen molar-refractivity contribution in [1.82, 2.24) is 9.97 Å². The van der Waals surface area contributed by atoms with Gasteiger partial charge in [0.2, 0.25) is 5.95 Å². The lowest BCUT2D eigenvalue weighted by molar-refractivity contribution is 0.625. The summed E-state index contributed by atoms with van der Waals surface area (Å²) in [4.78, 5) is 8.84. The molecule has 0 unspecified atom stereocenters. The van der Waals surface area contributed by atoms with E-state index >= 15 is 0 Å². The van der Waals surface area contributed by atoms with Crippen molar-refractivity contribution < 1.29 is 0 Å². The summed E-state index contributed by atoms with van der Waals surface area (Å²) in [7, 11) is 0. The van der Waals surface area contributed by atoms with Crippen LogP contribution in [0.3, 0.4) is 0 Å². The molecule has 1 aromatic heterocycles. The van der Waals surface area contributed by atoms with E-state index in [1.54, 1.807) is 12.1 Å². The second kappa shape index (κ2) is 5.80. The van der Waals surface area contributed by atoms with Gasteiger partial charge in [-0.15, -0.1) is 0 Å². The topological polar surface area (TPSA) is 73.6 Å². The maximum absolute atomic E-state index is 8.80. The lowest BCUT2D eigenvalue weighted by atomic mass is 10.1. The molecule has 0 aliphatic heterocycles. The molecule has 2 rings (SSSR count). The molecular weight excluding hydrogens is 262 g/mol. The molecule has 0 aliphatic rings. The van der Waals surface area contributed by atoms with Gasteiger partial charge in [-0.3, -0.25) is 0 Å². The van der Waals surface area contributed by atoms with Crippen LogP contribution in [0, 0.1) is 18.3 Å². The van der Waals surface area contributed by atoms with E-state index in [-0.39, 0.29) is 5.54 Å². The fourth-order valence-corrected chi connectivity index (χ4v) is 1.80. The SMILES string of the molecule is Cc1cc(Nc2ccc(C#N)cc2)nc(NC(C)(C)C)n1. The lowest BCUT2D eigenvalue weighted by Gasteiger charge is -2.21. The summed E-state index contributed by atoms with van der Waals surface area (Å²) >= 11 is 0. The first-order valence-corrected chi connectivity index (χ1v) is 6.77. The highest BCUT2D eigenvalue weighted by Crippen LogP contribution is 2.18. The van der Waals surface area contributed by atoms with Crippen LogP contribution in [0.2, 0.25) is 0 Å². The molecule has 0 fully saturated rings. The van der Waals surface area contributed by atoms with E-state index in [4.69, 9.17) is 5.26 Å². The fraction of sp³-hybridized carbons (Fsp3) is 0.312. The summed E-state index contributed by atoms with van der Waals surface area (Å²) in [6, 6.07) is 11.2. The maximum Gasteiger partial charge on any atom is 0.225 e. The Labute approximate surface area is 125 Å². The molecule has 0 bridgehead atoms. The zero-order valence-corrected chi connectivity index (χ0v) is 12.7. The van der Waals surface area contributed by atoms with Gasteiger partial charge < -0.3 is 10.6 Å². The number of aromatic nitrogens is 2. The number of hydrogen-bond acceptors (Lipinski definition) is 5. The van der Waals surface area contributed by atoms with Crippen molar-refractivity contribution in [2.24, 2.45) is 0 Å². The molecule has 5 heteroatoms. The Bertz CT molecular complexity index is 663. The summed E-state index contributed by atoms with van der Waals surface area (Å²) in [6.45, 7) is 8.12. The Morgan fingerprint density at radius 3 is 2.33 bits per heavy atom. The first kappa shape index (κ1) is 14.8. The molecule has 5 nitrogen and oxygen atoms in total. The largest absolute Gasteiger partial charge is 0.350 e. The van der Waals surface area contributed by atoms with Crippen LogP contribution in [0.15, 0.2) is 30.3 Å². The number of hydrogen-bond donors (Lipinski definition) is 2. The van der Waals surface area contributed by atoms with Crippen LogP contribution in [0.4, 0.5) is 17.5 Å². The molecule has 1 aromatic carbocycles. The third-order valence-electron chi connectivity index (χ3n) is 2.63. The molecule has 0 amide bonds. The molecule has 0 atom stereocenters. The molecule has 0 aliphatic carbocycles. The predicted octanol–water partition coefficient (Wildman–Crippen LogP) is 3.61. The molecule has 0 saturated carbocycles. The summed E-state index contributed by atoms with van der Waals surface area (Å²) in [6.07, 6.45) is 0. The van der Waals surface area contributed by atoms with Crippen molar-refractivity contribution in [3.8, 4) is 6.07 Å². The monoisotopic (exact) mass is 281 g/mol. The van der Waals surface area contributed by atoms with Gasteiger partial charge in [-0.25, -0.2) is 4.98 Å². The summed E-state index contributed by atoms with van der Waals surface area (Å²) in [5, 5.41) is 15.3. The number of benzene rings is 1. The van der Waals surface area contributed by atoms with E-state index in [2.05, 4.69) is 47.4 Å². The normalized spacial score (nSPS) is 10.8. The summed E-state index contributed by atoms with van der Waals surface area (Å²) < 4.78 is 0. The average Bonchev–Trinajstić information content (AvgIpc) is 2.36. The Hall–Kier alpha value is -2.61. The lowest BCUT2D eigenvalue weighted by Crippen LogP contribution is -2.27. The predicted molar refractivity (Wildman–Crippen MR) is 84.6 cm³/mol. The van der Waals surface area contributed by atoms with Gasteiger partial charge in [0.05, 0.1) is 11.6 Å². The quantitative estimate of drug-likeness (QED) is 0.899. The van der Waals surface area contributed by atoms with E-state index in [0.29, 0.717) is 11.5 Å². The second-order valence-electron chi connectivity index (χ2n) is 5.91. The molecule has 0 saturated heterocycles.